The number of halogens is 1. The van der Waals surface area contributed by atoms with Gasteiger partial charge in [0.1, 0.15) is 23.7 Å². The fraction of sp³-hybridized carbons (Fsp3) is 0.407. The number of nitrogens with two attached hydrogens (primary N) is 1. The Bertz CT molecular complexity index is 1590. The van der Waals surface area contributed by atoms with Crippen LogP contribution in [0.5, 0.6) is 11.5 Å². The monoisotopic (exact) mass is 664 g/mol. The molecule has 0 aliphatic carbocycles. The number of thioether (sulfide) groups is 1. The summed E-state index contributed by atoms with van der Waals surface area (Å²) in [5.74, 6) is -2.02. The summed E-state index contributed by atoms with van der Waals surface area (Å²) in [5, 5.41) is 35.5. The molecule has 1 aromatic heterocycles. The van der Waals surface area contributed by atoms with E-state index in [1.54, 1.807) is 4.90 Å². The largest absolute Gasteiger partial charge is 0.504 e. The van der Waals surface area contributed by atoms with E-state index in [1.165, 1.54) is 34.2 Å². The molecule has 3 amide bonds. The molecule has 0 radical (unpaired) electrons. The number of phenolic OH excluding ortho intramolecular Hbond substituents is 2. The SMILES string of the molecule is C[N+](C)(CC1=C(C=O)N2C(=O)[C@@H](NC(=O)/C(=N\O)c3csc(N)n3)[C@H]2SC1)C1CCN(C(=O)c2ccc(O)c(O)c2Cl)CC1. The smallest absolute Gasteiger partial charge is 0.276 e. The summed E-state index contributed by atoms with van der Waals surface area (Å²) in [5.41, 5.74) is 6.54. The van der Waals surface area contributed by atoms with Crippen molar-refractivity contribution >= 4 is 69.6 Å². The molecular weight excluding hydrogens is 634 g/mol. The second-order valence-electron chi connectivity index (χ2n) is 11.2. The van der Waals surface area contributed by atoms with Crippen molar-refractivity contribution < 1.29 is 39.1 Å². The number of aldehydes is 1. The molecule has 5 rings (SSSR count). The van der Waals surface area contributed by atoms with E-state index in [0.29, 0.717) is 49.0 Å². The number of piperidine rings is 1. The number of thiazole rings is 1. The summed E-state index contributed by atoms with van der Waals surface area (Å²) in [4.78, 5) is 58.2. The first-order valence-electron chi connectivity index (χ1n) is 13.6. The number of hydrogen-bond acceptors (Lipinski definition) is 12. The minimum absolute atomic E-state index is 0.0850. The van der Waals surface area contributed by atoms with E-state index < -0.39 is 34.7 Å². The zero-order chi connectivity index (χ0) is 31.9. The van der Waals surface area contributed by atoms with Gasteiger partial charge in [-0.2, -0.15) is 0 Å². The van der Waals surface area contributed by atoms with E-state index in [-0.39, 0.29) is 44.8 Å². The number of amides is 3. The Hall–Kier alpha value is -3.86. The van der Waals surface area contributed by atoms with Crippen LogP contribution in [0.2, 0.25) is 5.02 Å². The van der Waals surface area contributed by atoms with Gasteiger partial charge in [0.25, 0.3) is 17.7 Å². The van der Waals surface area contributed by atoms with E-state index in [9.17, 15) is 34.6 Å². The number of benzene rings is 1. The van der Waals surface area contributed by atoms with Gasteiger partial charge in [-0.05, 0) is 12.1 Å². The van der Waals surface area contributed by atoms with Crippen molar-refractivity contribution in [3.8, 4) is 11.5 Å². The highest BCUT2D eigenvalue weighted by Crippen LogP contribution is 2.41. The number of hydrogen-bond donors (Lipinski definition) is 5. The Kier molecular flexibility index (Phi) is 8.80. The number of nitrogens with one attached hydrogen (secondary N) is 1. The molecule has 0 spiro atoms. The van der Waals surface area contributed by atoms with Crippen LogP contribution in [0.25, 0.3) is 0 Å². The summed E-state index contributed by atoms with van der Waals surface area (Å²) >= 11 is 8.60. The number of oxime groups is 1. The molecule has 3 aliphatic heterocycles. The average Bonchev–Trinajstić information content (AvgIpc) is 3.43. The summed E-state index contributed by atoms with van der Waals surface area (Å²) in [7, 11) is 4.09. The lowest BCUT2D eigenvalue weighted by Crippen LogP contribution is -2.71. The van der Waals surface area contributed by atoms with Crippen molar-refractivity contribution in [1.82, 2.24) is 20.1 Å². The zero-order valence-electron chi connectivity index (χ0n) is 23.8. The maximum Gasteiger partial charge on any atom is 0.276 e. The number of likely N-dealkylation sites (N-methyl/N-ethyl adjacent to an activating group) is 1. The number of carbonyl (C=O) groups excluding carboxylic acids is 4. The maximum absolute atomic E-state index is 13.1. The molecule has 14 nitrogen and oxygen atoms in total. The number of rotatable bonds is 8. The highest BCUT2D eigenvalue weighted by molar-refractivity contribution is 8.00. The molecule has 44 heavy (non-hydrogen) atoms. The van der Waals surface area contributed by atoms with Gasteiger partial charge in [-0.3, -0.25) is 24.1 Å². The first-order valence-corrected chi connectivity index (χ1v) is 15.9. The van der Waals surface area contributed by atoms with Crippen LogP contribution in [0.4, 0.5) is 5.13 Å². The average molecular weight is 665 g/mol. The van der Waals surface area contributed by atoms with Crippen molar-refractivity contribution in [2.24, 2.45) is 5.16 Å². The molecule has 2 aromatic rings. The van der Waals surface area contributed by atoms with Gasteiger partial charge in [0, 0.05) is 42.6 Å². The van der Waals surface area contributed by atoms with Crippen LogP contribution in [0.3, 0.4) is 0 Å². The van der Waals surface area contributed by atoms with Crippen molar-refractivity contribution in [2.45, 2.75) is 30.3 Å². The first-order chi connectivity index (χ1) is 20.9. The third kappa shape index (κ3) is 5.69. The lowest BCUT2D eigenvalue weighted by molar-refractivity contribution is -0.911. The minimum atomic E-state index is -0.912. The minimum Gasteiger partial charge on any atom is -0.504 e. The molecule has 1 aromatic carbocycles. The predicted molar refractivity (Wildman–Crippen MR) is 164 cm³/mol. The number of carbonyl (C=O) groups is 4. The molecule has 2 fully saturated rings. The Morgan fingerprint density at radius 2 is 1.98 bits per heavy atom. The number of nitrogen functional groups attached to an aromatic ring is 1. The second kappa shape index (κ2) is 12.3. The van der Waals surface area contributed by atoms with Gasteiger partial charge in [-0.15, -0.1) is 23.1 Å². The Labute approximate surface area is 265 Å². The quantitative estimate of drug-likeness (QED) is 0.0520. The van der Waals surface area contributed by atoms with E-state index in [0.717, 1.165) is 16.9 Å². The summed E-state index contributed by atoms with van der Waals surface area (Å²) in [6, 6.07) is 1.85. The van der Waals surface area contributed by atoms with E-state index in [4.69, 9.17) is 17.3 Å². The third-order valence-electron chi connectivity index (χ3n) is 8.23. The van der Waals surface area contributed by atoms with Crippen LogP contribution < -0.4 is 11.1 Å². The van der Waals surface area contributed by atoms with Crippen molar-refractivity contribution in [1.29, 1.82) is 0 Å². The van der Waals surface area contributed by atoms with Gasteiger partial charge in [0.05, 0.1) is 36.4 Å². The molecule has 0 saturated carbocycles. The second-order valence-corrected chi connectivity index (χ2v) is 13.6. The molecule has 2 atom stereocenters. The topological polar surface area (TPSA) is 199 Å². The summed E-state index contributed by atoms with van der Waals surface area (Å²) < 4.78 is 0.524. The number of aromatic hydroxyl groups is 2. The van der Waals surface area contributed by atoms with Crippen LogP contribution in [0.1, 0.15) is 28.9 Å². The van der Waals surface area contributed by atoms with Crippen LogP contribution >= 0.6 is 34.7 Å². The molecule has 2 saturated heterocycles. The van der Waals surface area contributed by atoms with Crippen LogP contribution in [-0.4, -0.2) is 121 Å². The van der Waals surface area contributed by atoms with Crippen molar-refractivity contribution in [3.63, 3.8) is 0 Å². The first kappa shape index (κ1) is 31.6. The summed E-state index contributed by atoms with van der Waals surface area (Å²) in [6.07, 6.45) is 2.03. The van der Waals surface area contributed by atoms with Gasteiger partial charge in [0.2, 0.25) is 0 Å². The zero-order valence-corrected chi connectivity index (χ0v) is 26.2. The summed E-state index contributed by atoms with van der Waals surface area (Å²) in [6.45, 7) is 1.41. The number of aromatic nitrogens is 1. The van der Waals surface area contributed by atoms with Gasteiger partial charge < -0.3 is 35.9 Å². The lowest BCUT2D eigenvalue weighted by atomic mass is 9.98. The molecule has 17 heteroatoms. The molecular formula is C27H31ClN7O7S2+. The molecule has 234 valence electrons. The van der Waals surface area contributed by atoms with Gasteiger partial charge in [-0.1, -0.05) is 16.8 Å². The Morgan fingerprint density at radius 1 is 1.27 bits per heavy atom. The normalized spacial score (nSPS) is 21.2. The number of anilines is 1. The fourth-order valence-corrected chi connectivity index (χ4v) is 7.96. The number of allylic oxidation sites excluding steroid dienone is 1. The molecule has 4 heterocycles. The lowest BCUT2D eigenvalue weighted by Gasteiger charge is -2.50. The van der Waals surface area contributed by atoms with Crippen molar-refractivity contribution in [3.05, 3.63) is 45.1 Å². The van der Waals surface area contributed by atoms with Crippen molar-refractivity contribution in [2.75, 3.05) is 45.2 Å². The fourth-order valence-electron chi connectivity index (χ4n) is 5.82. The van der Waals surface area contributed by atoms with Crippen LogP contribution in [-0.2, 0) is 14.4 Å². The third-order valence-corrected chi connectivity index (χ3v) is 10.6. The van der Waals surface area contributed by atoms with E-state index in [2.05, 4.69) is 15.5 Å². The molecule has 0 bridgehead atoms. The highest BCUT2D eigenvalue weighted by Gasteiger charge is 2.53. The van der Waals surface area contributed by atoms with Gasteiger partial charge >= 0.3 is 0 Å². The number of β-lactam (4-membered cyclic amide) rings is 1. The molecule has 3 aliphatic rings. The predicted octanol–water partition coefficient (Wildman–Crippen LogP) is 1.20. The number of nitrogens with zero attached hydrogens (tertiary/aromatic N) is 5. The Balaban J connectivity index is 1.22. The van der Waals surface area contributed by atoms with Crippen LogP contribution in [0.15, 0.2) is 33.9 Å². The van der Waals surface area contributed by atoms with E-state index >= 15 is 0 Å². The van der Waals surface area contributed by atoms with Gasteiger partial charge in [0.15, 0.2) is 28.6 Å². The molecule has 0 unspecified atom stereocenters. The maximum atomic E-state index is 13.1. The number of phenols is 2. The highest BCUT2D eigenvalue weighted by atomic mass is 35.5. The Morgan fingerprint density at radius 3 is 2.59 bits per heavy atom. The van der Waals surface area contributed by atoms with Gasteiger partial charge in [-0.25, -0.2) is 4.98 Å². The van der Waals surface area contributed by atoms with E-state index in [1.807, 2.05) is 14.1 Å². The number of quaternary nitrogens is 1. The van der Waals surface area contributed by atoms with Crippen LogP contribution in [0, 0.1) is 0 Å². The standard InChI is InChI=1S/C27H30ClN7O7S2/c1-35(2,14-5-7-33(8-6-14)24(40)15-3-4-18(37)22(38)19(15)28)9-13-11-43-26-21(25(41)34(26)17(13)10-36)31-23(39)20(32-42)16-12-44-27(29)30-16/h3-4,10,12,14,21,26H,5-9,11H2,1-2H3,(H5-,29,30,31,32,37,38,39,40,42)/p+1/t21-,26-/m1/s1. The number of likely N-dealkylation sites (tertiary alicyclic amines) is 1. The molecule has 6 N–H and O–H groups in total. The number of fused-ring (bicyclic) bond motifs is 1.